The summed E-state index contributed by atoms with van der Waals surface area (Å²) in [6.07, 6.45) is 2.22. The minimum absolute atomic E-state index is 0.157. The summed E-state index contributed by atoms with van der Waals surface area (Å²) in [7, 11) is 0. The molecule has 0 unspecified atom stereocenters. The number of hydrogen-bond donors (Lipinski definition) is 0. The Balaban J connectivity index is 2.23. The Morgan fingerprint density at radius 2 is 2.00 bits per heavy atom. The molecule has 0 radical (unpaired) electrons. The summed E-state index contributed by atoms with van der Waals surface area (Å²) in [6.45, 7) is 5.76. The second kappa shape index (κ2) is 6.47. The van der Waals surface area contributed by atoms with Gasteiger partial charge in [-0.25, -0.2) is 4.79 Å². The predicted molar refractivity (Wildman–Crippen MR) is 86.6 cm³/mol. The molecule has 120 valence electrons. The number of ether oxygens (including phenoxy) is 1. The number of nitrogens with zero attached hydrogens (tertiary/aromatic N) is 1. The predicted octanol–water partition coefficient (Wildman–Crippen LogP) is 4.71. The zero-order chi connectivity index (χ0) is 16.5. The molecule has 0 atom stereocenters. The number of rotatable bonds is 4. The largest absolute Gasteiger partial charge is 0.444 e. The van der Waals surface area contributed by atoms with Crippen LogP contribution in [0.2, 0.25) is 10.0 Å². The van der Waals surface area contributed by atoms with Gasteiger partial charge in [-0.15, -0.1) is 0 Å². The van der Waals surface area contributed by atoms with E-state index in [1.807, 2.05) is 20.8 Å². The molecule has 1 saturated carbocycles. The fourth-order valence-corrected chi connectivity index (χ4v) is 2.50. The molecule has 1 aliphatic carbocycles. The lowest BCUT2D eigenvalue weighted by atomic mass is 10.1. The fourth-order valence-electron chi connectivity index (χ4n) is 2.09. The molecule has 2 rings (SSSR count). The van der Waals surface area contributed by atoms with Crippen LogP contribution < -0.4 is 0 Å². The van der Waals surface area contributed by atoms with E-state index in [2.05, 4.69) is 0 Å². The number of halogens is 2. The van der Waals surface area contributed by atoms with Crippen LogP contribution in [-0.2, 0) is 11.3 Å². The quantitative estimate of drug-likeness (QED) is 0.744. The highest BCUT2D eigenvalue weighted by Crippen LogP contribution is 2.33. The first kappa shape index (κ1) is 17.1. The maximum absolute atomic E-state index is 12.4. The van der Waals surface area contributed by atoms with E-state index in [1.165, 1.54) is 6.07 Å². The molecule has 0 aromatic heterocycles. The molecule has 1 aromatic rings. The third-order valence-electron chi connectivity index (χ3n) is 3.22. The van der Waals surface area contributed by atoms with E-state index in [-0.39, 0.29) is 18.7 Å². The van der Waals surface area contributed by atoms with Gasteiger partial charge in [0.1, 0.15) is 11.9 Å². The van der Waals surface area contributed by atoms with Crippen LogP contribution in [0.4, 0.5) is 4.79 Å². The van der Waals surface area contributed by atoms with Crippen molar-refractivity contribution in [3.05, 3.63) is 33.3 Å². The Morgan fingerprint density at radius 1 is 1.36 bits per heavy atom. The van der Waals surface area contributed by atoms with E-state index in [0.29, 0.717) is 27.5 Å². The average molecular weight is 344 g/mol. The summed E-state index contributed by atoms with van der Waals surface area (Å²) >= 11 is 12.2. The summed E-state index contributed by atoms with van der Waals surface area (Å²) in [4.78, 5) is 25.0. The molecular weight excluding hydrogens is 325 g/mol. The van der Waals surface area contributed by atoms with Crippen LogP contribution in [0.5, 0.6) is 0 Å². The third-order valence-corrected chi connectivity index (χ3v) is 4.06. The number of carbonyl (C=O) groups is 2. The first-order valence-corrected chi connectivity index (χ1v) is 7.89. The molecule has 0 spiro atoms. The van der Waals surface area contributed by atoms with E-state index in [4.69, 9.17) is 27.9 Å². The van der Waals surface area contributed by atoms with Crippen molar-refractivity contribution in [1.82, 2.24) is 4.90 Å². The van der Waals surface area contributed by atoms with Crippen LogP contribution >= 0.6 is 23.2 Å². The zero-order valence-electron chi connectivity index (χ0n) is 12.9. The van der Waals surface area contributed by atoms with Gasteiger partial charge in [-0.3, -0.25) is 4.79 Å². The second-order valence-corrected chi connectivity index (χ2v) is 7.22. The molecule has 1 amide bonds. The van der Waals surface area contributed by atoms with Gasteiger partial charge in [0.25, 0.3) is 0 Å². The molecule has 22 heavy (non-hydrogen) atoms. The molecule has 4 nitrogen and oxygen atoms in total. The van der Waals surface area contributed by atoms with Gasteiger partial charge in [-0.1, -0.05) is 23.2 Å². The van der Waals surface area contributed by atoms with E-state index in [9.17, 15) is 9.59 Å². The molecule has 0 heterocycles. The van der Waals surface area contributed by atoms with Gasteiger partial charge in [-0.05, 0) is 51.3 Å². The van der Waals surface area contributed by atoms with Crippen LogP contribution in [-0.4, -0.2) is 28.9 Å². The van der Waals surface area contributed by atoms with E-state index in [0.717, 1.165) is 12.8 Å². The van der Waals surface area contributed by atoms with Gasteiger partial charge in [0, 0.05) is 11.6 Å². The van der Waals surface area contributed by atoms with Crippen LogP contribution in [0.25, 0.3) is 0 Å². The monoisotopic (exact) mass is 343 g/mol. The van der Waals surface area contributed by atoms with Crippen molar-refractivity contribution in [2.45, 2.75) is 51.8 Å². The van der Waals surface area contributed by atoms with Crippen LogP contribution in [0.15, 0.2) is 12.1 Å². The van der Waals surface area contributed by atoms with Crippen LogP contribution in [0.3, 0.4) is 0 Å². The van der Waals surface area contributed by atoms with E-state index in [1.54, 1.807) is 11.0 Å². The van der Waals surface area contributed by atoms with Gasteiger partial charge in [0.15, 0.2) is 0 Å². The minimum Gasteiger partial charge on any atom is -0.444 e. The van der Waals surface area contributed by atoms with Gasteiger partial charge < -0.3 is 9.64 Å². The average Bonchev–Trinajstić information content (AvgIpc) is 3.22. The van der Waals surface area contributed by atoms with Crippen molar-refractivity contribution in [3.8, 4) is 0 Å². The van der Waals surface area contributed by atoms with Crippen LogP contribution in [0.1, 0.15) is 49.5 Å². The summed E-state index contributed by atoms with van der Waals surface area (Å²) in [5, 5.41) is 0.669. The van der Waals surface area contributed by atoms with Crippen LogP contribution in [0, 0.1) is 0 Å². The summed E-state index contributed by atoms with van der Waals surface area (Å²) in [5.74, 6) is 0. The fraction of sp³-hybridized carbons (Fsp3) is 0.500. The summed E-state index contributed by atoms with van der Waals surface area (Å²) in [6, 6.07) is 3.32. The first-order valence-electron chi connectivity index (χ1n) is 7.14. The lowest BCUT2D eigenvalue weighted by molar-refractivity contribution is 0.0217. The standard InChI is InChI=1S/C16H19Cl2NO3/c1-16(2,3)22-15(21)19(12-4-5-12)8-11-6-10(9-20)7-13(17)14(11)18/h6-7,9,12H,4-5,8H2,1-3H3. The number of benzene rings is 1. The topological polar surface area (TPSA) is 46.6 Å². The lowest BCUT2D eigenvalue weighted by Crippen LogP contribution is -2.37. The zero-order valence-corrected chi connectivity index (χ0v) is 14.4. The Kier molecular flexibility index (Phi) is 5.03. The van der Waals surface area contributed by atoms with Gasteiger partial charge in [0.2, 0.25) is 0 Å². The normalized spacial score (nSPS) is 14.6. The maximum atomic E-state index is 12.4. The summed E-state index contributed by atoms with van der Waals surface area (Å²) < 4.78 is 5.44. The molecule has 0 aliphatic heterocycles. The van der Waals surface area contributed by atoms with Gasteiger partial charge in [-0.2, -0.15) is 0 Å². The second-order valence-electron chi connectivity index (χ2n) is 6.43. The third kappa shape index (κ3) is 4.37. The Bertz CT molecular complexity index is 592. The van der Waals surface area contributed by atoms with E-state index < -0.39 is 5.60 Å². The molecular formula is C16H19Cl2NO3. The maximum Gasteiger partial charge on any atom is 0.410 e. The lowest BCUT2D eigenvalue weighted by Gasteiger charge is -2.28. The number of carbonyl (C=O) groups excluding carboxylic acids is 2. The highest BCUT2D eigenvalue weighted by atomic mass is 35.5. The molecule has 0 saturated heterocycles. The Labute approximate surface area is 140 Å². The van der Waals surface area contributed by atoms with Crippen molar-refractivity contribution < 1.29 is 14.3 Å². The Morgan fingerprint density at radius 3 is 2.50 bits per heavy atom. The van der Waals surface area contributed by atoms with Gasteiger partial charge in [0.05, 0.1) is 16.6 Å². The van der Waals surface area contributed by atoms with Crippen molar-refractivity contribution in [2.75, 3.05) is 0 Å². The smallest absolute Gasteiger partial charge is 0.410 e. The molecule has 0 N–H and O–H groups in total. The molecule has 6 heteroatoms. The minimum atomic E-state index is -0.559. The van der Waals surface area contributed by atoms with Crippen molar-refractivity contribution >= 4 is 35.6 Å². The highest BCUT2D eigenvalue weighted by molar-refractivity contribution is 6.42. The SMILES string of the molecule is CC(C)(C)OC(=O)N(Cc1cc(C=O)cc(Cl)c1Cl)C1CC1. The molecule has 0 bridgehead atoms. The first-order chi connectivity index (χ1) is 10.2. The molecule has 1 fully saturated rings. The number of aldehydes is 1. The van der Waals surface area contributed by atoms with Crippen molar-refractivity contribution in [2.24, 2.45) is 0 Å². The Hall–Kier alpha value is -1.26. The van der Waals surface area contributed by atoms with Crippen molar-refractivity contribution in [3.63, 3.8) is 0 Å². The van der Waals surface area contributed by atoms with Gasteiger partial charge >= 0.3 is 6.09 Å². The van der Waals surface area contributed by atoms with E-state index >= 15 is 0 Å². The summed E-state index contributed by atoms with van der Waals surface area (Å²) in [5.41, 5.74) is 0.523. The highest BCUT2D eigenvalue weighted by Gasteiger charge is 2.35. The number of amides is 1. The number of hydrogen-bond acceptors (Lipinski definition) is 3. The molecule has 1 aliphatic rings. The van der Waals surface area contributed by atoms with Crippen molar-refractivity contribution in [1.29, 1.82) is 0 Å². The molecule has 1 aromatic carbocycles.